The Bertz CT molecular complexity index is 1110. The zero-order valence-electron chi connectivity index (χ0n) is 14.8. The maximum Gasteiger partial charge on any atom is 0.534 e. The molecule has 0 heterocycles. The van der Waals surface area contributed by atoms with Crippen molar-refractivity contribution in [3.8, 4) is 28.4 Å². The lowest BCUT2D eigenvalue weighted by atomic mass is 10.1. The fraction of sp³-hybridized carbons (Fsp3) is 0.200. The third-order valence-electron chi connectivity index (χ3n) is 3.40. The van der Waals surface area contributed by atoms with Crippen molar-refractivity contribution in [3.05, 3.63) is 40.0 Å². The molecule has 172 valence electrons. The van der Waals surface area contributed by atoms with Gasteiger partial charge in [-0.1, -0.05) is 12.1 Å². The molecule has 0 N–H and O–H groups in total. The van der Waals surface area contributed by atoms with Crippen molar-refractivity contribution in [1.29, 1.82) is 0 Å². The number of ether oxygens (including phenoxy) is 1. The van der Waals surface area contributed by atoms with Gasteiger partial charge >= 0.3 is 31.3 Å². The van der Waals surface area contributed by atoms with E-state index in [1.807, 2.05) is 0 Å². The van der Waals surface area contributed by atoms with Crippen LogP contribution in [0.25, 0.3) is 11.1 Å². The summed E-state index contributed by atoms with van der Waals surface area (Å²) < 4.78 is 134. The molecule has 0 unspecified atom stereocenters. The third kappa shape index (κ3) is 5.65. The second kappa shape index (κ2) is 8.53. The highest BCUT2D eigenvalue weighted by molar-refractivity contribution is 14.1. The van der Waals surface area contributed by atoms with Crippen LogP contribution in [0.1, 0.15) is 0 Å². The summed E-state index contributed by atoms with van der Waals surface area (Å²) in [6, 6.07) is 6.94. The average Bonchev–Trinajstić information content (AvgIpc) is 2.62. The minimum absolute atomic E-state index is 0.140. The van der Waals surface area contributed by atoms with Crippen LogP contribution >= 0.6 is 22.6 Å². The summed E-state index contributed by atoms with van der Waals surface area (Å²) >= 11 is 1.09. The molecule has 0 atom stereocenters. The van der Waals surface area contributed by atoms with Crippen molar-refractivity contribution in [1.82, 2.24) is 0 Å². The minimum Gasteiger partial charge on any atom is -0.497 e. The first-order valence-corrected chi connectivity index (χ1v) is 11.4. The van der Waals surface area contributed by atoms with Crippen molar-refractivity contribution in [3.63, 3.8) is 0 Å². The van der Waals surface area contributed by atoms with Crippen LogP contribution < -0.4 is 13.1 Å². The molecule has 2 aromatic carbocycles. The normalized spacial score (nSPS) is 13.0. The van der Waals surface area contributed by atoms with Crippen LogP contribution in [0, 0.1) is 3.57 Å². The van der Waals surface area contributed by atoms with E-state index >= 15 is 0 Å². The van der Waals surface area contributed by atoms with Crippen LogP contribution in [-0.2, 0) is 20.2 Å². The van der Waals surface area contributed by atoms with Gasteiger partial charge in [0.05, 0.1) is 7.11 Å². The molecule has 0 aliphatic heterocycles. The van der Waals surface area contributed by atoms with Crippen LogP contribution in [0.2, 0.25) is 0 Å². The van der Waals surface area contributed by atoms with Crippen molar-refractivity contribution in [2.45, 2.75) is 11.0 Å². The van der Waals surface area contributed by atoms with Crippen molar-refractivity contribution in [2.24, 2.45) is 0 Å². The Morgan fingerprint density at radius 2 is 1.13 bits per heavy atom. The van der Waals surface area contributed by atoms with E-state index in [2.05, 4.69) is 8.37 Å². The van der Waals surface area contributed by atoms with Gasteiger partial charge in [0.15, 0.2) is 11.5 Å². The van der Waals surface area contributed by atoms with Gasteiger partial charge in [0.1, 0.15) is 9.32 Å². The molecule has 31 heavy (non-hydrogen) atoms. The first-order valence-electron chi connectivity index (χ1n) is 7.48. The molecule has 0 bridgehead atoms. The van der Waals surface area contributed by atoms with Gasteiger partial charge in [0.25, 0.3) is 0 Å². The SMILES string of the molecule is COc1ccc(-c2cc(OS(=O)(=O)C(F)(F)F)c(I)c(OS(=O)(=O)C(F)(F)F)c2)cc1. The van der Waals surface area contributed by atoms with E-state index in [0.717, 1.165) is 34.7 Å². The molecule has 0 aliphatic rings. The molecular weight excluding hydrogens is 597 g/mol. The molecule has 7 nitrogen and oxygen atoms in total. The summed E-state index contributed by atoms with van der Waals surface area (Å²) in [5.41, 5.74) is -11.8. The summed E-state index contributed by atoms with van der Waals surface area (Å²) in [4.78, 5) is 0. The van der Waals surface area contributed by atoms with Crippen molar-refractivity contribution >= 4 is 42.8 Å². The highest BCUT2D eigenvalue weighted by Gasteiger charge is 2.50. The first-order chi connectivity index (χ1) is 14.0. The number of methoxy groups -OCH3 is 1. The second-order valence-electron chi connectivity index (χ2n) is 5.48. The lowest BCUT2D eigenvalue weighted by molar-refractivity contribution is -0.0502. The van der Waals surface area contributed by atoms with Crippen LogP contribution in [0.4, 0.5) is 26.3 Å². The molecule has 0 aliphatic carbocycles. The molecular formula is C15H9F6IO7S2. The highest BCUT2D eigenvalue weighted by Crippen LogP contribution is 2.40. The lowest BCUT2D eigenvalue weighted by Gasteiger charge is -2.16. The molecule has 2 aromatic rings. The smallest absolute Gasteiger partial charge is 0.497 e. The standard InChI is InChI=1S/C15H9F6IO7S2/c1-27-10-4-2-8(3-5-10)9-6-11(28-30(23,24)14(16,17)18)13(22)12(7-9)29-31(25,26)15(19,20)21/h2-7H,1H3. The topological polar surface area (TPSA) is 96.0 Å². The Hall–Kier alpha value is -1.95. The minimum atomic E-state index is -6.22. The number of benzene rings is 2. The third-order valence-corrected chi connectivity index (χ3v) is 6.39. The van der Waals surface area contributed by atoms with Gasteiger partial charge in [-0.25, -0.2) is 0 Å². The zero-order valence-corrected chi connectivity index (χ0v) is 18.6. The number of hydrogen-bond acceptors (Lipinski definition) is 7. The van der Waals surface area contributed by atoms with Crippen LogP contribution in [0.15, 0.2) is 36.4 Å². The van der Waals surface area contributed by atoms with E-state index in [9.17, 15) is 43.2 Å². The predicted molar refractivity (Wildman–Crippen MR) is 102 cm³/mol. The van der Waals surface area contributed by atoms with E-state index in [1.54, 1.807) is 0 Å². The van der Waals surface area contributed by atoms with Gasteiger partial charge in [-0.05, 0) is 58.0 Å². The Balaban J connectivity index is 2.69. The summed E-state index contributed by atoms with van der Waals surface area (Å²) in [5.74, 6) is -1.85. The molecule has 0 saturated heterocycles. The first kappa shape index (κ1) is 25.3. The number of rotatable bonds is 6. The molecule has 0 fully saturated rings. The summed E-state index contributed by atoms with van der Waals surface area (Å²) in [6.07, 6.45) is 0. The molecule has 0 saturated carbocycles. The van der Waals surface area contributed by atoms with Crippen LogP contribution in [-0.4, -0.2) is 35.0 Å². The van der Waals surface area contributed by atoms with E-state index in [0.29, 0.717) is 5.75 Å². The molecule has 0 aromatic heterocycles. The second-order valence-corrected chi connectivity index (χ2v) is 9.64. The van der Waals surface area contributed by atoms with Gasteiger partial charge in [-0.3, -0.25) is 0 Å². The maximum absolute atomic E-state index is 12.7. The molecule has 2 rings (SSSR count). The Morgan fingerprint density at radius 3 is 1.45 bits per heavy atom. The fourth-order valence-electron chi connectivity index (χ4n) is 1.97. The van der Waals surface area contributed by atoms with Crippen molar-refractivity contribution < 1.29 is 56.3 Å². The number of hydrogen-bond donors (Lipinski definition) is 0. The Morgan fingerprint density at radius 1 is 0.742 bits per heavy atom. The number of halogens is 7. The van der Waals surface area contributed by atoms with Crippen LogP contribution in [0.3, 0.4) is 0 Å². The van der Waals surface area contributed by atoms with E-state index in [-0.39, 0.29) is 11.1 Å². The van der Waals surface area contributed by atoms with Gasteiger partial charge in [-0.2, -0.15) is 43.2 Å². The zero-order chi connectivity index (χ0) is 23.8. The van der Waals surface area contributed by atoms with Gasteiger partial charge in [0, 0.05) is 0 Å². The van der Waals surface area contributed by atoms with Gasteiger partial charge < -0.3 is 13.1 Å². The monoisotopic (exact) mass is 606 g/mol. The van der Waals surface area contributed by atoms with E-state index in [1.165, 1.54) is 31.4 Å². The Labute approximate surface area is 185 Å². The molecule has 16 heteroatoms. The largest absolute Gasteiger partial charge is 0.534 e. The lowest BCUT2D eigenvalue weighted by Crippen LogP contribution is -2.29. The molecule has 0 spiro atoms. The van der Waals surface area contributed by atoms with E-state index < -0.39 is 46.3 Å². The predicted octanol–water partition coefficient (Wildman–Crippen LogP) is 4.42. The summed E-state index contributed by atoms with van der Waals surface area (Å²) in [5, 5.41) is 0. The molecule has 0 amide bonds. The van der Waals surface area contributed by atoms with E-state index in [4.69, 9.17) is 4.74 Å². The quantitative estimate of drug-likeness (QED) is 0.208. The van der Waals surface area contributed by atoms with Crippen molar-refractivity contribution in [2.75, 3.05) is 7.11 Å². The average molecular weight is 606 g/mol. The molecule has 0 radical (unpaired) electrons. The van der Waals surface area contributed by atoms with Gasteiger partial charge in [0.2, 0.25) is 0 Å². The summed E-state index contributed by atoms with van der Waals surface area (Å²) in [6.45, 7) is 0. The highest BCUT2D eigenvalue weighted by atomic mass is 127. The van der Waals surface area contributed by atoms with Gasteiger partial charge in [-0.15, -0.1) is 0 Å². The fourth-order valence-corrected chi connectivity index (χ4v) is 3.73. The van der Waals surface area contributed by atoms with Crippen LogP contribution in [0.5, 0.6) is 17.2 Å². The summed E-state index contributed by atoms with van der Waals surface area (Å²) in [7, 11) is -11.1. The number of alkyl halides is 6. The Kier molecular flexibility index (Phi) is 6.97. The maximum atomic E-state index is 12.7.